The number of aryl methyl sites for hydroxylation is 1. The number of rotatable bonds is 4. The minimum absolute atomic E-state index is 0.168. The molecule has 0 amide bonds. The maximum absolute atomic E-state index is 11.1. The molecule has 1 N–H and O–H groups in total. The molecule has 2 rings (SSSR count). The fourth-order valence-corrected chi connectivity index (χ4v) is 2.59. The van der Waals surface area contributed by atoms with Crippen LogP contribution in [0.15, 0.2) is 18.2 Å². The Morgan fingerprint density at radius 2 is 2.05 bits per heavy atom. The monoisotopic (exact) mass is 277 g/mol. The standard InChI is InChI=1S/C15H23N3O2/c1-12-4-5-13(14(10-12)18(19)20)16-11-15(2)6-8-17(3)9-7-15/h4-5,10,16H,6-9,11H2,1-3H3. The molecule has 0 atom stereocenters. The smallest absolute Gasteiger partial charge is 0.292 e. The van der Waals surface area contributed by atoms with Crippen LogP contribution >= 0.6 is 0 Å². The molecule has 1 aromatic rings. The topological polar surface area (TPSA) is 58.4 Å². The van der Waals surface area contributed by atoms with Crippen molar-refractivity contribution in [1.29, 1.82) is 0 Å². The first kappa shape index (κ1) is 14.8. The summed E-state index contributed by atoms with van der Waals surface area (Å²) in [6.07, 6.45) is 2.24. The van der Waals surface area contributed by atoms with Crippen molar-refractivity contribution in [1.82, 2.24) is 4.90 Å². The second-order valence-electron chi connectivity index (χ2n) is 6.25. The van der Waals surface area contributed by atoms with Gasteiger partial charge in [0.25, 0.3) is 5.69 Å². The lowest BCUT2D eigenvalue weighted by Crippen LogP contribution is -2.40. The van der Waals surface area contributed by atoms with Crippen molar-refractivity contribution in [2.45, 2.75) is 26.7 Å². The predicted molar refractivity (Wildman–Crippen MR) is 81.2 cm³/mol. The third-order valence-electron chi connectivity index (χ3n) is 4.25. The van der Waals surface area contributed by atoms with Crippen LogP contribution in [0.4, 0.5) is 11.4 Å². The van der Waals surface area contributed by atoms with Gasteiger partial charge in [0.2, 0.25) is 0 Å². The Morgan fingerprint density at radius 3 is 2.65 bits per heavy atom. The van der Waals surface area contributed by atoms with Crippen LogP contribution in [0.25, 0.3) is 0 Å². The maximum Gasteiger partial charge on any atom is 0.292 e. The highest BCUT2D eigenvalue weighted by Gasteiger charge is 2.29. The Balaban J connectivity index is 2.05. The number of nitrogens with one attached hydrogen (secondary N) is 1. The first-order valence-corrected chi connectivity index (χ1v) is 7.07. The molecule has 1 saturated heterocycles. The number of benzene rings is 1. The summed E-state index contributed by atoms with van der Waals surface area (Å²) in [5.41, 5.74) is 1.92. The number of nitro groups is 1. The van der Waals surface area contributed by atoms with Gasteiger partial charge >= 0.3 is 0 Å². The van der Waals surface area contributed by atoms with Crippen molar-refractivity contribution in [3.63, 3.8) is 0 Å². The summed E-state index contributed by atoms with van der Waals surface area (Å²) in [5, 5.41) is 14.4. The van der Waals surface area contributed by atoms with Gasteiger partial charge in [-0.25, -0.2) is 0 Å². The molecule has 0 bridgehead atoms. The Labute approximate surface area is 120 Å². The summed E-state index contributed by atoms with van der Waals surface area (Å²) in [4.78, 5) is 13.1. The van der Waals surface area contributed by atoms with Gasteiger partial charge in [-0.15, -0.1) is 0 Å². The average Bonchev–Trinajstić information content (AvgIpc) is 2.41. The molecule has 1 fully saturated rings. The van der Waals surface area contributed by atoms with Gasteiger partial charge in [0.05, 0.1) is 4.92 Å². The minimum atomic E-state index is -0.313. The van der Waals surface area contributed by atoms with Crippen LogP contribution in [0.5, 0.6) is 0 Å². The first-order valence-electron chi connectivity index (χ1n) is 7.07. The molecule has 1 aromatic carbocycles. The summed E-state index contributed by atoms with van der Waals surface area (Å²) >= 11 is 0. The fraction of sp³-hybridized carbons (Fsp3) is 0.600. The highest BCUT2D eigenvalue weighted by Crippen LogP contribution is 2.32. The molecule has 1 aliphatic rings. The highest BCUT2D eigenvalue weighted by atomic mass is 16.6. The Hall–Kier alpha value is -1.62. The molecule has 0 unspecified atom stereocenters. The van der Waals surface area contributed by atoms with Crippen LogP contribution in [-0.4, -0.2) is 36.5 Å². The van der Waals surface area contributed by atoms with Gasteiger partial charge in [-0.3, -0.25) is 10.1 Å². The number of nitrogens with zero attached hydrogens (tertiary/aromatic N) is 2. The van der Waals surface area contributed by atoms with Crippen molar-refractivity contribution in [2.24, 2.45) is 5.41 Å². The number of piperidine rings is 1. The third-order valence-corrected chi connectivity index (χ3v) is 4.25. The molecular formula is C15H23N3O2. The zero-order valence-corrected chi connectivity index (χ0v) is 12.5. The van der Waals surface area contributed by atoms with E-state index in [0.29, 0.717) is 5.69 Å². The van der Waals surface area contributed by atoms with Gasteiger partial charge in [0.1, 0.15) is 5.69 Å². The summed E-state index contributed by atoms with van der Waals surface area (Å²) in [6, 6.07) is 5.34. The molecular weight excluding hydrogens is 254 g/mol. The summed E-state index contributed by atoms with van der Waals surface area (Å²) in [6.45, 7) is 7.09. The predicted octanol–water partition coefficient (Wildman–Crippen LogP) is 3.05. The molecule has 1 aliphatic heterocycles. The maximum atomic E-state index is 11.1. The van der Waals surface area contributed by atoms with Crippen molar-refractivity contribution in [3.8, 4) is 0 Å². The van der Waals surface area contributed by atoms with Crippen LogP contribution in [0.2, 0.25) is 0 Å². The van der Waals surface area contributed by atoms with E-state index in [-0.39, 0.29) is 16.0 Å². The van der Waals surface area contributed by atoms with Gasteiger partial charge in [0.15, 0.2) is 0 Å². The molecule has 0 aliphatic carbocycles. The summed E-state index contributed by atoms with van der Waals surface area (Å²) in [5.74, 6) is 0. The molecule has 0 saturated carbocycles. The van der Waals surface area contributed by atoms with Crippen molar-refractivity contribution in [2.75, 3.05) is 32.0 Å². The summed E-state index contributed by atoms with van der Waals surface area (Å²) < 4.78 is 0. The van der Waals surface area contributed by atoms with E-state index in [1.807, 2.05) is 19.1 Å². The number of nitro benzene ring substituents is 1. The first-order chi connectivity index (χ1) is 9.39. The average molecular weight is 277 g/mol. The van der Waals surface area contributed by atoms with E-state index in [0.717, 1.165) is 38.0 Å². The normalized spacial score (nSPS) is 18.8. The van der Waals surface area contributed by atoms with Crippen LogP contribution in [-0.2, 0) is 0 Å². The van der Waals surface area contributed by atoms with Gasteiger partial charge in [0, 0.05) is 12.6 Å². The molecule has 0 spiro atoms. The van der Waals surface area contributed by atoms with Crippen LogP contribution < -0.4 is 5.32 Å². The largest absolute Gasteiger partial charge is 0.379 e. The van der Waals surface area contributed by atoms with E-state index >= 15 is 0 Å². The van der Waals surface area contributed by atoms with Crippen LogP contribution in [0.1, 0.15) is 25.3 Å². The van der Waals surface area contributed by atoms with Crippen molar-refractivity contribution in [3.05, 3.63) is 33.9 Å². The van der Waals surface area contributed by atoms with Crippen molar-refractivity contribution < 1.29 is 4.92 Å². The lowest BCUT2D eigenvalue weighted by molar-refractivity contribution is -0.384. The molecule has 5 heteroatoms. The van der Waals surface area contributed by atoms with E-state index in [2.05, 4.69) is 24.2 Å². The Morgan fingerprint density at radius 1 is 1.40 bits per heavy atom. The number of hydrogen-bond donors (Lipinski definition) is 1. The lowest BCUT2D eigenvalue weighted by Gasteiger charge is -2.38. The number of hydrogen-bond acceptors (Lipinski definition) is 4. The second kappa shape index (κ2) is 5.79. The van der Waals surface area contributed by atoms with E-state index in [4.69, 9.17) is 0 Å². The zero-order valence-electron chi connectivity index (χ0n) is 12.5. The van der Waals surface area contributed by atoms with Crippen LogP contribution in [0, 0.1) is 22.5 Å². The molecule has 0 aromatic heterocycles. The fourth-order valence-electron chi connectivity index (χ4n) is 2.59. The zero-order chi connectivity index (χ0) is 14.8. The molecule has 0 radical (unpaired) electrons. The SMILES string of the molecule is Cc1ccc(NCC2(C)CCN(C)CC2)c([N+](=O)[O-])c1. The van der Waals surface area contributed by atoms with Gasteiger partial charge in [-0.05, 0) is 56.9 Å². The molecule has 1 heterocycles. The molecule has 110 valence electrons. The highest BCUT2D eigenvalue weighted by molar-refractivity contribution is 5.62. The van der Waals surface area contributed by atoms with E-state index in [9.17, 15) is 10.1 Å². The van der Waals surface area contributed by atoms with E-state index in [1.54, 1.807) is 6.07 Å². The number of likely N-dealkylation sites (tertiary alicyclic amines) is 1. The summed E-state index contributed by atoms with van der Waals surface area (Å²) in [7, 11) is 2.14. The second-order valence-corrected chi connectivity index (χ2v) is 6.25. The van der Waals surface area contributed by atoms with E-state index < -0.39 is 0 Å². The molecule has 20 heavy (non-hydrogen) atoms. The number of anilines is 1. The third kappa shape index (κ3) is 3.48. The van der Waals surface area contributed by atoms with Crippen molar-refractivity contribution >= 4 is 11.4 Å². The Bertz CT molecular complexity index is 494. The Kier molecular flexibility index (Phi) is 4.28. The van der Waals surface area contributed by atoms with Gasteiger partial charge in [-0.2, -0.15) is 0 Å². The van der Waals surface area contributed by atoms with E-state index in [1.165, 1.54) is 0 Å². The minimum Gasteiger partial charge on any atom is -0.379 e. The van der Waals surface area contributed by atoms with Gasteiger partial charge in [-0.1, -0.05) is 13.0 Å². The molecule has 5 nitrogen and oxygen atoms in total. The lowest BCUT2D eigenvalue weighted by atomic mass is 9.80. The van der Waals surface area contributed by atoms with Crippen LogP contribution in [0.3, 0.4) is 0 Å². The quantitative estimate of drug-likeness (QED) is 0.679. The van der Waals surface area contributed by atoms with Gasteiger partial charge < -0.3 is 10.2 Å².